The summed E-state index contributed by atoms with van der Waals surface area (Å²) in [5, 5.41) is 30.3. The number of aryl methyl sites for hydroxylation is 1. The molecule has 0 radical (unpaired) electrons. The number of nitrogens with two attached hydrogens (primary N) is 1. The molecule has 1 rings (SSSR count). The van der Waals surface area contributed by atoms with Gasteiger partial charge in [0.1, 0.15) is 11.8 Å². The molecule has 4 N–H and O–H groups in total. The summed E-state index contributed by atoms with van der Waals surface area (Å²) < 4.78 is 0.554. The number of nitro benzene ring substituents is 1. The Morgan fingerprint density at radius 2 is 2.32 bits per heavy atom. The van der Waals surface area contributed by atoms with Crippen LogP contribution in [0.1, 0.15) is 5.56 Å². The molecule has 1 aromatic carbocycles. The van der Waals surface area contributed by atoms with Gasteiger partial charge in [0.2, 0.25) is 5.71 Å². The Morgan fingerprint density at radius 1 is 1.68 bits per heavy atom. The molecule has 0 saturated carbocycles. The lowest BCUT2D eigenvalue weighted by molar-refractivity contribution is -0.384. The van der Waals surface area contributed by atoms with Crippen molar-refractivity contribution >= 4 is 38.9 Å². The number of nitriles is 1. The molecule has 8 nitrogen and oxygen atoms in total. The van der Waals surface area contributed by atoms with Crippen molar-refractivity contribution in [3.63, 3.8) is 0 Å². The van der Waals surface area contributed by atoms with E-state index < -0.39 is 10.8 Å². The predicted molar refractivity (Wildman–Crippen MR) is 74.1 cm³/mol. The third-order valence-electron chi connectivity index (χ3n) is 2.12. The second-order valence-corrected chi connectivity index (χ2v) is 4.39. The van der Waals surface area contributed by atoms with Gasteiger partial charge in [-0.3, -0.25) is 20.9 Å². The Bertz CT molecular complexity index is 619. The lowest BCUT2D eigenvalue weighted by Gasteiger charge is -2.07. The van der Waals surface area contributed by atoms with Crippen LogP contribution < -0.4 is 11.2 Å². The van der Waals surface area contributed by atoms with Crippen LogP contribution in [0.25, 0.3) is 0 Å². The number of benzene rings is 1. The molecule has 0 aliphatic heterocycles. The largest absolute Gasteiger partial charge is 0.382 e. The lowest BCUT2D eigenvalue weighted by Crippen LogP contribution is -2.22. The van der Waals surface area contributed by atoms with Crippen LogP contribution in [0.4, 0.5) is 11.4 Å². The molecule has 98 valence electrons. The van der Waals surface area contributed by atoms with Crippen LogP contribution in [0.15, 0.2) is 21.7 Å². The van der Waals surface area contributed by atoms with Crippen LogP contribution in [0, 0.1) is 33.8 Å². The molecule has 0 atom stereocenters. The van der Waals surface area contributed by atoms with E-state index in [9.17, 15) is 10.1 Å². The Kier molecular flexibility index (Phi) is 4.55. The molecule has 9 heteroatoms. The number of nitrogens with one attached hydrogen (secondary N) is 2. The fourth-order valence-electron chi connectivity index (χ4n) is 1.27. The van der Waals surface area contributed by atoms with Gasteiger partial charge in [-0.1, -0.05) is 15.9 Å². The minimum absolute atomic E-state index is 0.141. The topological polar surface area (TPSA) is 141 Å². The van der Waals surface area contributed by atoms with Crippen molar-refractivity contribution in [2.45, 2.75) is 6.92 Å². The fraction of sp³-hybridized carbons (Fsp3) is 0.100. The Hall–Kier alpha value is -2.47. The van der Waals surface area contributed by atoms with Gasteiger partial charge in [-0.15, -0.1) is 0 Å². The van der Waals surface area contributed by atoms with E-state index in [0.717, 1.165) is 0 Å². The molecule has 0 aromatic heterocycles. The molecule has 0 saturated heterocycles. The van der Waals surface area contributed by atoms with Crippen molar-refractivity contribution in [2.24, 2.45) is 10.8 Å². The van der Waals surface area contributed by atoms with E-state index in [4.69, 9.17) is 16.4 Å². The molecule has 0 spiro atoms. The van der Waals surface area contributed by atoms with Gasteiger partial charge in [0.05, 0.1) is 4.92 Å². The highest BCUT2D eigenvalue weighted by Crippen LogP contribution is 2.31. The average molecular weight is 325 g/mol. The zero-order chi connectivity index (χ0) is 14.6. The third kappa shape index (κ3) is 3.49. The quantitative estimate of drug-likeness (QED) is 0.335. The van der Waals surface area contributed by atoms with E-state index in [1.807, 2.05) is 0 Å². The Balaban J connectivity index is 3.25. The Morgan fingerprint density at radius 3 is 2.79 bits per heavy atom. The van der Waals surface area contributed by atoms with E-state index >= 15 is 0 Å². The first-order chi connectivity index (χ1) is 8.86. The zero-order valence-electron chi connectivity index (χ0n) is 9.77. The van der Waals surface area contributed by atoms with Crippen molar-refractivity contribution in [3.8, 4) is 6.07 Å². The highest BCUT2D eigenvalue weighted by atomic mass is 79.9. The van der Waals surface area contributed by atoms with E-state index in [-0.39, 0.29) is 17.1 Å². The van der Waals surface area contributed by atoms with E-state index in [2.05, 4.69) is 26.5 Å². The zero-order valence-corrected chi connectivity index (χ0v) is 11.4. The molecule has 0 aliphatic carbocycles. The molecule has 0 heterocycles. The maximum Gasteiger partial charge on any atom is 0.295 e. The van der Waals surface area contributed by atoms with Crippen LogP contribution in [0.5, 0.6) is 0 Å². The normalized spacial score (nSPS) is 10.7. The number of rotatable bonds is 4. The number of hydrazone groups is 1. The second kappa shape index (κ2) is 5.92. The van der Waals surface area contributed by atoms with Gasteiger partial charge in [0, 0.05) is 10.5 Å². The van der Waals surface area contributed by atoms with E-state index in [1.54, 1.807) is 19.1 Å². The monoisotopic (exact) mass is 324 g/mol. The van der Waals surface area contributed by atoms with Crippen molar-refractivity contribution in [3.05, 3.63) is 32.3 Å². The highest BCUT2D eigenvalue weighted by Gasteiger charge is 2.17. The lowest BCUT2D eigenvalue weighted by atomic mass is 10.2. The molecular formula is C10H9BrN6O2. The SMILES string of the molecule is Cc1cc(Br)cc([N+](=O)[O-])c1N/N=C(\C#N)C(=N)N. The molecule has 0 fully saturated rings. The van der Waals surface area contributed by atoms with Gasteiger partial charge in [-0.25, -0.2) is 0 Å². The van der Waals surface area contributed by atoms with E-state index in [0.29, 0.717) is 10.0 Å². The van der Waals surface area contributed by atoms with Crippen LogP contribution in [0.2, 0.25) is 0 Å². The number of hydrogen-bond acceptors (Lipinski definition) is 6. The molecule has 0 aliphatic rings. The summed E-state index contributed by atoms with van der Waals surface area (Å²) in [5.74, 6) is -0.521. The molecule has 19 heavy (non-hydrogen) atoms. The third-order valence-corrected chi connectivity index (χ3v) is 2.57. The number of nitrogens with zero attached hydrogens (tertiary/aromatic N) is 3. The van der Waals surface area contributed by atoms with Crippen LogP contribution in [-0.4, -0.2) is 16.5 Å². The summed E-state index contributed by atoms with van der Waals surface area (Å²) in [6.07, 6.45) is 0. The first-order valence-corrected chi connectivity index (χ1v) is 5.68. The van der Waals surface area contributed by atoms with Crippen LogP contribution in [-0.2, 0) is 0 Å². The molecule has 0 amide bonds. The summed E-state index contributed by atoms with van der Waals surface area (Å²) >= 11 is 3.16. The van der Waals surface area contributed by atoms with Gasteiger partial charge in [0.25, 0.3) is 5.69 Å². The average Bonchev–Trinajstić information content (AvgIpc) is 2.30. The summed E-state index contributed by atoms with van der Waals surface area (Å²) in [6, 6.07) is 4.58. The van der Waals surface area contributed by atoms with Crippen molar-refractivity contribution < 1.29 is 4.92 Å². The minimum atomic E-state index is -0.574. The summed E-state index contributed by atoms with van der Waals surface area (Å²) in [4.78, 5) is 10.4. The van der Waals surface area contributed by atoms with Crippen molar-refractivity contribution in [1.82, 2.24) is 0 Å². The number of hydrogen-bond donors (Lipinski definition) is 3. The first-order valence-electron chi connectivity index (χ1n) is 4.89. The van der Waals surface area contributed by atoms with Gasteiger partial charge < -0.3 is 5.73 Å². The number of amidine groups is 1. The van der Waals surface area contributed by atoms with E-state index in [1.165, 1.54) is 6.07 Å². The smallest absolute Gasteiger partial charge is 0.295 e. The summed E-state index contributed by atoms with van der Waals surface area (Å²) in [6.45, 7) is 1.65. The summed E-state index contributed by atoms with van der Waals surface area (Å²) in [5.41, 5.74) is 7.68. The minimum Gasteiger partial charge on any atom is -0.382 e. The molecule has 0 unspecified atom stereocenters. The fourth-order valence-corrected chi connectivity index (χ4v) is 1.83. The van der Waals surface area contributed by atoms with Crippen LogP contribution >= 0.6 is 15.9 Å². The maximum absolute atomic E-state index is 10.9. The molecule has 1 aromatic rings. The molecule has 0 bridgehead atoms. The highest BCUT2D eigenvalue weighted by molar-refractivity contribution is 9.10. The van der Waals surface area contributed by atoms with Crippen molar-refractivity contribution in [1.29, 1.82) is 10.7 Å². The second-order valence-electron chi connectivity index (χ2n) is 3.47. The first kappa shape index (κ1) is 14.6. The van der Waals surface area contributed by atoms with Crippen LogP contribution in [0.3, 0.4) is 0 Å². The van der Waals surface area contributed by atoms with Crippen molar-refractivity contribution in [2.75, 3.05) is 5.43 Å². The van der Waals surface area contributed by atoms with Gasteiger partial charge >= 0.3 is 0 Å². The number of halogens is 1. The summed E-state index contributed by atoms with van der Waals surface area (Å²) in [7, 11) is 0. The van der Waals surface area contributed by atoms with Gasteiger partial charge in [-0.2, -0.15) is 10.4 Å². The molecular weight excluding hydrogens is 316 g/mol. The number of nitro groups is 1. The Labute approximate surface area is 116 Å². The standard InChI is InChI=1S/C10H9BrN6O2/c1-5-2-6(11)3-8(17(18)19)9(5)16-15-7(4-12)10(13)14/h2-3,16H,1H3,(H3,13,14)/b15-7+. The number of anilines is 1. The van der Waals surface area contributed by atoms with Gasteiger partial charge in [-0.05, 0) is 18.6 Å². The maximum atomic E-state index is 10.9. The predicted octanol–water partition coefficient (Wildman–Crippen LogP) is 1.89. The van der Waals surface area contributed by atoms with Gasteiger partial charge in [0.15, 0.2) is 5.84 Å².